The molecule has 0 radical (unpaired) electrons. The molecular formula is C83H131N23O23S. The van der Waals surface area contributed by atoms with Gasteiger partial charge in [0.25, 0.3) is 0 Å². The first-order valence-corrected chi connectivity index (χ1v) is 44.3. The zero-order chi connectivity index (χ0) is 97.1. The van der Waals surface area contributed by atoms with Crippen molar-refractivity contribution in [3.8, 4) is 0 Å². The van der Waals surface area contributed by atoms with Crippen molar-refractivity contribution in [1.29, 1.82) is 0 Å². The Morgan fingerprint density at radius 1 is 0.415 bits per heavy atom. The van der Waals surface area contributed by atoms with Crippen molar-refractivity contribution in [2.24, 2.45) is 40.5 Å². The number of amides is 17. The molecule has 0 aliphatic carbocycles. The number of aliphatic hydroxyl groups excluding tert-OH is 2. The first kappa shape index (κ1) is 112. The van der Waals surface area contributed by atoms with Crippen LogP contribution in [-0.4, -0.2) is 291 Å². The Hall–Kier alpha value is -12.3. The fraction of sp³-hybridized carbons (Fsp3) is 0.590. The number of carboxylic acid groups (broad SMARTS) is 2. The number of aromatic nitrogens is 2. The van der Waals surface area contributed by atoms with E-state index in [1.54, 1.807) is 94.6 Å². The number of carboxylic acids is 2. The van der Waals surface area contributed by atoms with Crippen molar-refractivity contribution in [2.45, 2.75) is 241 Å². The molecule has 0 saturated heterocycles. The average Bonchev–Trinajstić information content (AvgIpc) is 0.871. The Balaban J connectivity index is 1.81. The third kappa shape index (κ3) is 41.8. The van der Waals surface area contributed by atoms with E-state index in [0.29, 0.717) is 48.9 Å². The zero-order valence-electron chi connectivity index (χ0n) is 74.2. The lowest BCUT2D eigenvalue weighted by Gasteiger charge is -2.29. The van der Waals surface area contributed by atoms with Crippen LogP contribution in [0, 0.1) is 11.8 Å². The number of H-pyrrole nitrogens is 1. The number of unbranched alkanes of at least 4 members (excludes halogenated alkanes) is 3. The molecule has 1 heterocycles. The van der Waals surface area contributed by atoms with E-state index < -0.39 is 260 Å². The molecule has 0 saturated carbocycles. The highest BCUT2D eigenvalue weighted by Gasteiger charge is 2.39. The number of nitrogens with two attached hydrogens (primary N) is 5. The van der Waals surface area contributed by atoms with E-state index in [2.05, 4.69) is 89.7 Å². The van der Waals surface area contributed by atoms with Crippen molar-refractivity contribution in [1.82, 2.24) is 95.0 Å². The maximum atomic E-state index is 14.5. The molecule has 17 amide bonds. The second kappa shape index (κ2) is 60.5. The number of primary amides is 1. The van der Waals surface area contributed by atoms with Gasteiger partial charge >= 0.3 is 11.9 Å². The third-order valence-electron chi connectivity index (χ3n) is 20.5. The van der Waals surface area contributed by atoms with Crippen LogP contribution in [0.2, 0.25) is 0 Å². The van der Waals surface area contributed by atoms with Crippen LogP contribution in [0.25, 0.3) is 0 Å². The molecule has 46 nitrogen and oxygen atoms in total. The van der Waals surface area contributed by atoms with E-state index in [1.807, 2.05) is 5.32 Å². The molecule has 130 heavy (non-hydrogen) atoms. The van der Waals surface area contributed by atoms with Crippen LogP contribution in [0.3, 0.4) is 0 Å². The van der Waals surface area contributed by atoms with Crippen LogP contribution in [0.4, 0.5) is 0 Å². The summed E-state index contributed by atoms with van der Waals surface area (Å²) in [5.41, 5.74) is 30.3. The molecule has 0 unspecified atom stereocenters. The zero-order valence-corrected chi connectivity index (χ0v) is 75.0. The summed E-state index contributed by atoms with van der Waals surface area (Å²) in [7, 11) is 0. The SMILES string of the molecule is CC[C@H](C)[C@H](NC(=O)[C@H](CCC(=O)O)NC(=O)CNC(=O)[C@@H](NC(=O)[C@H](Cc1ccccc1)NC(=O)[C@H](C)NC(=O)[C@H](CCCCN)NC(=O)CNC(=O)[C@H](Cc1ccccc1)NC(=O)[C@H](CCCCN)NC(=O)[C@H](CCCCN)NC(=O)[C@H](C)NC(=O)[C@H](CO)NC(=O)[C@@H](N)Cc1cnc[nH]1)C(C)C)C(=O)N[C@@H](CCSC)C(=O)N[C@@H](CC(N)=O)C(=O)N[C@@H](CO)C(=O)O. The molecule has 1 aromatic heterocycles. The first-order chi connectivity index (χ1) is 61.7. The van der Waals surface area contributed by atoms with Gasteiger partial charge in [-0.1, -0.05) is 94.8 Å². The highest BCUT2D eigenvalue weighted by atomic mass is 32.2. The Labute approximate surface area is 757 Å². The summed E-state index contributed by atoms with van der Waals surface area (Å²) in [6, 6.07) is -5.42. The minimum Gasteiger partial charge on any atom is -0.481 e. The molecule has 3 aromatic rings. The van der Waals surface area contributed by atoms with Gasteiger partial charge < -0.3 is 139 Å². The van der Waals surface area contributed by atoms with E-state index in [4.69, 9.17) is 28.7 Å². The van der Waals surface area contributed by atoms with Crippen molar-refractivity contribution < 1.29 is 112 Å². The number of carbonyl (C=O) groups excluding carboxylic acids is 17. The highest BCUT2D eigenvalue weighted by molar-refractivity contribution is 7.98. The lowest BCUT2D eigenvalue weighted by atomic mass is 9.97. The van der Waals surface area contributed by atoms with E-state index in [0.717, 1.165) is 0 Å². The van der Waals surface area contributed by atoms with Crippen LogP contribution in [0.1, 0.15) is 148 Å². The molecule has 0 spiro atoms. The number of aliphatic hydroxyl groups is 2. The number of imidazole rings is 1. The van der Waals surface area contributed by atoms with E-state index in [1.165, 1.54) is 38.1 Å². The van der Waals surface area contributed by atoms with Crippen LogP contribution < -0.4 is 114 Å². The first-order valence-electron chi connectivity index (χ1n) is 42.9. The van der Waals surface area contributed by atoms with Gasteiger partial charge in [-0.05, 0) is 139 Å². The van der Waals surface area contributed by atoms with Crippen LogP contribution >= 0.6 is 11.8 Å². The fourth-order valence-electron chi connectivity index (χ4n) is 12.7. The van der Waals surface area contributed by atoms with E-state index >= 15 is 0 Å². The summed E-state index contributed by atoms with van der Waals surface area (Å²) in [4.78, 5) is 265. The van der Waals surface area contributed by atoms with Gasteiger partial charge in [0.15, 0.2) is 0 Å². The molecule has 0 bridgehead atoms. The third-order valence-corrected chi connectivity index (χ3v) is 21.1. The summed E-state index contributed by atoms with van der Waals surface area (Å²) in [5, 5.41) is 78.2. The molecule has 0 aliphatic rings. The molecule has 47 heteroatoms. The molecule has 2 aromatic carbocycles. The minimum absolute atomic E-state index is 0.00162. The number of carbonyl (C=O) groups is 19. The number of nitrogens with zero attached hydrogens (tertiary/aromatic N) is 1. The number of hydrogen-bond acceptors (Lipinski definition) is 27. The fourth-order valence-corrected chi connectivity index (χ4v) is 13.2. The second-order valence-electron chi connectivity index (χ2n) is 31.4. The average molecular weight is 1850 g/mol. The molecular weight excluding hydrogens is 1720 g/mol. The van der Waals surface area contributed by atoms with Crippen molar-refractivity contribution in [3.05, 3.63) is 90.0 Å². The maximum Gasteiger partial charge on any atom is 0.328 e. The predicted molar refractivity (Wildman–Crippen MR) is 473 cm³/mol. The number of rotatable bonds is 64. The maximum absolute atomic E-state index is 14.5. The Kier molecular flexibility index (Phi) is 52.0. The molecule has 31 N–H and O–H groups in total. The summed E-state index contributed by atoms with van der Waals surface area (Å²) in [5.74, 6) is -20.4. The Morgan fingerprint density at radius 2 is 0.800 bits per heavy atom. The Bertz CT molecular complexity index is 4200. The summed E-state index contributed by atoms with van der Waals surface area (Å²) < 4.78 is 0. The topological polar surface area (TPSA) is 757 Å². The monoisotopic (exact) mass is 1850 g/mol. The normalized spacial score (nSPS) is 14.8. The molecule has 722 valence electrons. The van der Waals surface area contributed by atoms with Gasteiger partial charge in [-0.25, -0.2) is 9.78 Å². The minimum atomic E-state index is -1.83. The van der Waals surface area contributed by atoms with Gasteiger partial charge in [0.05, 0.1) is 45.1 Å². The number of benzene rings is 2. The summed E-state index contributed by atoms with van der Waals surface area (Å²) in [6.07, 6.45) is 4.22. The quantitative estimate of drug-likeness (QED) is 0.0233. The molecule has 3 rings (SSSR count). The molecule has 16 atom stereocenters. The van der Waals surface area contributed by atoms with Crippen LogP contribution in [0.15, 0.2) is 73.2 Å². The van der Waals surface area contributed by atoms with Crippen molar-refractivity contribution in [3.63, 3.8) is 0 Å². The van der Waals surface area contributed by atoms with Crippen LogP contribution in [-0.2, 0) is 110 Å². The van der Waals surface area contributed by atoms with Gasteiger partial charge in [-0.15, -0.1) is 0 Å². The highest BCUT2D eigenvalue weighted by Crippen LogP contribution is 2.16. The Morgan fingerprint density at radius 3 is 1.25 bits per heavy atom. The predicted octanol–water partition coefficient (Wildman–Crippen LogP) is -7.52. The number of thioether (sulfide) groups is 1. The van der Waals surface area contributed by atoms with E-state index in [9.17, 15) is 112 Å². The van der Waals surface area contributed by atoms with Gasteiger partial charge in [-0.3, -0.25) is 86.3 Å². The second-order valence-corrected chi connectivity index (χ2v) is 32.4. The number of aromatic amines is 1. The standard InChI is InChI=1S/C83H131N23O23S/c1-8-46(4)68(82(127)99-57(30-34-130-7)76(121)102-60(38-63(88)109)78(123)104-62(43-108)83(128)129)106-77(122)56(28-29-66(112)113)96-65(111)41-91-81(126)67(45(2)3)105-79(124)59(36-50-23-13-10-14-24-50)100-70(115)48(6)93-73(118)53(25-15-18-31-84)95-64(110)40-90-72(117)58(35-49-21-11-9-12-22-49)101-75(120)55(27-17-20-33-86)98-74(119)54(26-16-19-32-85)97-69(114)47(5)94-80(125)61(42-107)103-71(116)52(87)37-51-39-89-44-92-51/h9-14,21-24,39,44-48,52-62,67-68,107-108H,8,15-20,25-38,40-43,84-87H2,1-7H3,(H2,88,109)(H,89,92)(H,90,117)(H,91,126)(H,93,118)(H,94,125)(H,95,110)(H,96,111)(H,97,114)(H,98,119)(H,99,127)(H,100,115)(H,101,120)(H,102,121)(H,103,116)(H,104,123)(H,105,124)(H,106,122)(H,112,113)(H,128,129)/t46-,47-,48-,52-,53-,54-,55-,56-,57-,58-,59-,60-,61-,62-,67-,68-/m0/s1. The smallest absolute Gasteiger partial charge is 0.328 e. The van der Waals surface area contributed by atoms with Crippen molar-refractivity contribution in [2.75, 3.05) is 57.9 Å². The molecule has 0 aliphatic heterocycles. The number of nitrogens with one attached hydrogen (secondary N) is 17. The van der Waals surface area contributed by atoms with Gasteiger partial charge in [-0.2, -0.15) is 11.8 Å². The van der Waals surface area contributed by atoms with Gasteiger partial charge in [0.1, 0.15) is 84.6 Å². The van der Waals surface area contributed by atoms with Gasteiger partial charge in [0, 0.05) is 37.6 Å². The largest absolute Gasteiger partial charge is 0.481 e. The lowest BCUT2D eigenvalue weighted by Crippen LogP contribution is -2.61. The summed E-state index contributed by atoms with van der Waals surface area (Å²) in [6.45, 7) is 5.91. The number of hydrogen-bond donors (Lipinski definition) is 26. The van der Waals surface area contributed by atoms with E-state index in [-0.39, 0.29) is 83.2 Å². The molecule has 0 fully saturated rings. The number of aliphatic carboxylic acids is 2. The lowest BCUT2D eigenvalue weighted by molar-refractivity contribution is -0.143. The van der Waals surface area contributed by atoms with Crippen LogP contribution in [0.5, 0.6) is 0 Å². The van der Waals surface area contributed by atoms with Crippen molar-refractivity contribution >= 4 is 124 Å². The van der Waals surface area contributed by atoms with Gasteiger partial charge in [0.2, 0.25) is 100 Å². The summed E-state index contributed by atoms with van der Waals surface area (Å²) >= 11 is 1.25.